The Morgan fingerprint density at radius 3 is 2.42 bits per heavy atom. The van der Waals surface area contributed by atoms with Crippen molar-refractivity contribution in [3.63, 3.8) is 0 Å². The number of nitrogens with one attached hydrogen (secondary N) is 1. The molecular weight excluding hydrogens is 488 g/mol. The lowest BCUT2D eigenvalue weighted by molar-refractivity contribution is -0.387. The number of amides is 1. The highest BCUT2D eigenvalue weighted by Gasteiger charge is 2.19. The number of anilines is 1. The summed E-state index contributed by atoms with van der Waals surface area (Å²) in [5, 5.41) is 14.9. The van der Waals surface area contributed by atoms with Gasteiger partial charge in [0.1, 0.15) is 17.2 Å². The van der Waals surface area contributed by atoms with E-state index in [1.165, 1.54) is 30.0 Å². The molecule has 0 fully saturated rings. The van der Waals surface area contributed by atoms with Crippen LogP contribution in [0, 0.1) is 21.7 Å². The molecule has 0 aliphatic rings. The Morgan fingerprint density at radius 2 is 1.75 bits per heavy atom. The third-order valence-electron chi connectivity index (χ3n) is 5.05. The number of halogens is 2. The minimum Gasteiger partial charge on any atom is -0.444 e. The maximum Gasteiger partial charge on any atom is 0.412 e. The molecule has 0 aliphatic carbocycles. The number of benzene rings is 3. The number of ether oxygens (including phenoxy) is 1. The van der Waals surface area contributed by atoms with Crippen LogP contribution in [0.2, 0.25) is 0 Å². The first-order chi connectivity index (χ1) is 17.0. The molecule has 3 aromatic carbocycles. The van der Waals surface area contributed by atoms with E-state index >= 15 is 0 Å². The first-order valence-corrected chi connectivity index (χ1v) is 11.8. The highest BCUT2D eigenvalue weighted by Crippen LogP contribution is 2.40. The molecule has 0 radical (unpaired) electrons. The van der Waals surface area contributed by atoms with Crippen molar-refractivity contribution in [1.82, 2.24) is 4.57 Å². The van der Waals surface area contributed by atoms with Gasteiger partial charge in [0.2, 0.25) is 0 Å². The zero-order chi connectivity index (χ0) is 26.0. The second kappa shape index (κ2) is 9.98. The number of fused-ring (bicyclic) bond motifs is 1. The topological polar surface area (TPSA) is 86.4 Å². The third-order valence-corrected chi connectivity index (χ3v) is 6.16. The highest BCUT2D eigenvalue weighted by atomic mass is 32.2. The van der Waals surface area contributed by atoms with Crippen LogP contribution in [0.3, 0.4) is 0 Å². The molecule has 0 atom stereocenters. The largest absolute Gasteiger partial charge is 0.444 e. The molecule has 1 amide bonds. The molecule has 4 aromatic rings. The Labute approximate surface area is 210 Å². The third kappa shape index (κ3) is 6.01. The average Bonchev–Trinajstić information content (AvgIpc) is 3.08. The maximum atomic E-state index is 13.8. The maximum absolute atomic E-state index is 13.8. The van der Waals surface area contributed by atoms with Crippen LogP contribution in [0.4, 0.5) is 25.0 Å². The summed E-state index contributed by atoms with van der Waals surface area (Å²) >= 11 is 1.21. The van der Waals surface area contributed by atoms with E-state index in [-0.39, 0.29) is 12.2 Å². The lowest BCUT2D eigenvalue weighted by atomic mass is 10.2. The number of nitrogens with zero attached hydrogens (tertiary/aromatic N) is 2. The van der Waals surface area contributed by atoms with Crippen LogP contribution in [0.25, 0.3) is 10.9 Å². The summed E-state index contributed by atoms with van der Waals surface area (Å²) < 4.78 is 34.7. The van der Waals surface area contributed by atoms with E-state index in [1.54, 1.807) is 67.9 Å². The van der Waals surface area contributed by atoms with Crippen LogP contribution >= 0.6 is 11.8 Å². The van der Waals surface area contributed by atoms with Gasteiger partial charge in [-0.25, -0.2) is 13.6 Å². The summed E-state index contributed by atoms with van der Waals surface area (Å²) in [5.41, 5.74) is 0.818. The highest BCUT2D eigenvalue weighted by molar-refractivity contribution is 7.99. The predicted molar refractivity (Wildman–Crippen MR) is 134 cm³/mol. The van der Waals surface area contributed by atoms with Crippen molar-refractivity contribution in [2.75, 3.05) is 5.32 Å². The van der Waals surface area contributed by atoms with Gasteiger partial charge in [-0.2, -0.15) is 0 Å². The SMILES string of the molecule is CC(C)(C)OC(=O)Nc1ccc2c(Sc3ccccc3[N+](=O)[O-])cn(Cc3cc(F)cc(F)c3)c2c1. The second-order valence-corrected chi connectivity index (χ2v) is 10.2. The normalized spacial score (nSPS) is 11.5. The van der Waals surface area contributed by atoms with E-state index in [0.29, 0.717) is 26.6 Å². The van der Waals surface area contributed by atoms with Gasteiger partial charge in [0.05, 0.1) is 15.3 Å². The fourth-order valence-electron chi connectivity index (χ4n) is 3.68. The average molecular weight is 512 g/mol. The summed E-state index contributed by atoms with van der Waals surface area (Å²) in [5.74, 6) is -1.38. The molecule has 0 spiro atoms. The molecule has 10 heteroatoms. The van der Waals surface area contributed by atoms with Gasteiger partial charge < -0.3 is 9.30 Å². The molecule has 7 nitrogen and oxygen atoms in total. The Balaban J connectivity index is 1.76. The van der Waals surface area contributed by atoms with Gasteiger partial charge in [-0.15, -0.1) is 0 Å². The van der Waals surface area contributed by atoms with Crippen LogP contribution in [0.1, 0.15) is 26.3 Å². The van der Waals surface area contributed by atoms with Crippen LogP contribution < -0.4 is 5.32 Å². The zero-order valence-corrected chi connectivity index (χ0v) is 20.6. The summed E-state index contributed by atoms with van der Waals surface area (Å²) in [6.45, 7) is 5.40. The van der Waals surface area contributed by atoms with Gasteiger partial charge in [0.25, 0.3) is 5.69 Å². The number of carbonyl (C=O) groups excluding carboxylic acids is 1. The van der Waals surface area contributed by atoms with Gasteiger partial charge >= 0.3 is 6.09 Å². The van der Waals surface area contributed by atoms with Crippen molar-refractivity contribution < 1.29 is 23.2 Å². The second-order valence-electron chi connectivity index (χ2n) is 9.08. The van der Waals surface area contributed by atoms with Crippen molar-refractivity contribution in [3.8, 4) is 0 Å². The van der Waals surface area contributed by atoms with Crippen LogP contribution in [0.15, 0.2) is 76.7 Å². The van der Waals surface area contributed by atoms with E-state index in [2.05, 4.69) is 5.32 Å². The van der Waals surface area contributed by atoms with E-state index in [0.717, 1.165) is 11.5 Å². The summed E-state index contributed by atoms with van der Waals surface area (Å²) in [7, 11) is 0. The molecule has 0 aliphatic heterocycles. The molecular formula is C26H23F2N3O4S. The molecule has 1 heterocycles. The fourth-order valence-corrected chi connectivity index (χ4v) is 4.77. The molecule has 1 N–H and O–H groups in total. The van der Waals surface area contributed by atoms with Crippen molar-refractivity contribution in [1.29, 1.82) is 0 Å². The van der Waals surface area contributed by atoms with Crippen LogP contribution in [-0.2, 0) is 11.3 Å². The van der Waals surface area contributed by atoms with E-state index in [4.69, 9.17) is 4.74 Å². The molecule has 4 rings (SSSR count). The van der Waals surface area contributed by atoms with Gasteiger partial charge in [-0.1, -0.05) is 23.9 Å². The number of nitro groups is 1. The molecule has 0 saturated heterocycles. The van der Waals surface area contributed by atoms with Gasteiger partial charge in [-0.3, -0.25) is 15.4 Å². The van der Waals surface area contributed by atoms with Crippen molar-refractivity contribution in [2.45, 2.75) is 42.7 Å². The smallest absolute Gasteiger partial charge is 0.412 e. The first kappa shape index (κ1) is 25.2. The molecule has 186 valence electrons. The minimum atomic E-state index is -0.691. The van der Waals surface area contributed by atoms with Gasteiger partial charge in [-0.05, 0) is 62.7 Å². The lowest BCUT2D eigenvalue weighted by Gasteiger charge is -2.19. The molecule has 0 unspecified atom stereocenters. The molecule has 1 aromatic heterocycles. The number of nitro benzene ring substituents is 1. The number of aromatic nitrogens is 1. The molecule has 36 heavy (non-hydrogen) atoms. The predicted octanol–water partition coefficient (Wildman–Crippen LogP) is 7.37. The number of para-hydroxylation sites is 1. The Kier molecular flexibility index (Phi) is 6.98. The first-order valence-electron chi connectivity index (χ1n) is 11.0. The number of carbonyl (C=O) groups is 1. The zero-order valence-electron chi connectivity index (χ0n) is 19.7. The van der Waals surface area contributed by atoms with Gasteiger partial charge in [0, 0.05) is 40.8 Å². The minimum absolute atomic E-state index is 0.0289. The van der Waals surface area contributed by atoms with Crippen molar-refractivity contribution in [3.05, 3.63) is 94.2 Å². The fraction of sp³-hybridized carbons (Fsp3) is 0.192. The monoisotopic (exact) mass is 511 g/mol. The lowest BCUT2D eigenvalue weighted by Crippen LogP contribution is -2.27. The summed E-state index contributed by atoms with van der Waals surface area (Å²) in [6, 6.07) is 14.9. The van der Waals surface area contributed by atoms with Crippen molar-refractivity contribution >= 4 is 40.1 Å². The summed E-state index contributed by atoms with van der Waals surface area (Å²) in [4.78, 5) is 24.5. The van der Waals surface area contributed by atoms with E-state index in [1.807, 2.05) is 0 Å². The Bertz CT molecular complexity index is 1440. The van der Waals surface area contributed by atoms with E-state index < -0.39 is 28.3 Å². The molecule has 0 bridgehead atoms. The summed E-state index contributed by atoms with van der Waals surface area (Å²) in [6.07, 6.45) is 1.15. The van der Waals surface area contributed by atoms with Crippen molar-refractivity contribution in [2.24, 2.45) is 0 Å². The van der Waals surface area contributed by atoms with Gasteiger partial charge in [0.15, 0.2) is 0 Å². The number of hydrogen-bond donors (Lipinski definition) is 1. The van der Waals surface area contributed by atoms with E-state index in [9.17, 15) is 23.7 Å². The number of hydrogen-bond acceptors (Lipinski definition) is 5. The van der Waals surface area contributed by atoms with Crippen LogP contribution in [0.5, 0.6) is 0 Å². The Morgan fingerprint density at radius 1 is 1.06 bits per heavy atom. The standard InChI is InChI=1S/C26H23F2N3O4S/c1-26(2,3)35-25(32)29-19-8-9-20-22(13-19)30(14-16-10-17(27)12-18(28)11-16)15-24(20)36-23-7-5-4-6-21(23)31(33)34/h4-13,15H,14H2,1-3H3,(H,29,32). The van der Waals surface area contributed by atoms with Crippen LogP contribution in [-0.4, -0.2) is 21.2 Å². The Hall–Kier alpha value is -3.92. The molecule has 0 saturated carbocycles. The number of rotatable bonds is 6. The quantitative estimate of drug-likeness (QED) is 0.216.